The van der Waals surface area contributed by atoms with Gasteiger partial charge in [0.05, 0.1) is 18.1 Å². The first-order valence-corrected chi connectivity index (χ1v) is 5.27. The smallest absolute Gasteiger partial charge is 0.344 e. The fourth-order valence-electron chi connectivity index (χ4n) is 1.71. The maximum Gasteiger partial charge on any atom is 0.344 e. The largest absolute Gasteiger partial charge is 0.472 e. The molecule has 0 saturated carbocycles. The lowest BCUT2D eigenvalue weighted by molar-refractivity contribution is -0.131. The zero-order valence-corrected chi connectivity index (χ0v) is 9.61. The first-order valence-electron chi connectivity index (χ1n) is 5.27. The van der Waals surface area contributed by atoms with Crippen molar-refractivity contribution in [1.82, 2.24) is 0 Å². The third-order valence-corrected chi connectivity index (χ3v) is 2.45. The Balaban J connectivity index is 2.44. The van der Waals surface area contributed by atoms with Crippen LogP contribution in [0.4, 0.5) is 0 Å². The van der Waals surface area contributed by atoms with Crippen molar-refractivity contribution >= 4 is 11.5 Å². The number of furan rings is 1. The molecule has 3 heteroatoms. The number of carbonyl (C=O) groups is 1. The maximum atomic E-state index is 11.7. The predicted molar refractivity (Wildman–Crippen MR) is 60.3 cm³/mol. The zero-order valence-electron chi connectivity index (χ0n) is 9.61. The quantitative estimate of drug-likeness (QED) is 0.716. The molecule has 0 fully saturated rings. The number of hydrogen-bond donors (Lipinski definition) is 0. The van der Waals surface area contributed by atoms with Gasteiger partial charge in [0.2, 0.25) is 0 Å². The van der Waals surface area contributed by atoms with Crippen LogP contribution in [0.1, 0.15) is 26.3 Å². The topological polar surface area (TPSA) is 39.4 Å². The Morgan fingerprint density at radius 1 is 1.38 bits per heavy atom. The highest BCUT2D eigenvalue weighted by Crippen LogP contribution is 2.33. The van der Waals surface area contributed by atoms with Gasteiger partial charge in [0.1, 0.15) is 5.76 Å². The molecule has 0 unspecified atom stereocenters. The minimum absolute atomic E-state index is 0.300. The van der Waals surface area contributed by atoms with E-state index in [2.05, 4.69) is 0 Å². The van der Waals surface area contributed by atoms with Gasteiger partial charge in [-0.25, -0.2) is 4.79 Å². The second kappa shape index (κ2) is 4.00. The van der Waals surface area contributed by atoms with E-state index in [4.69, 9.17) is 9.15 Å². The highest BCUT2D eigenvalue weighted by Gasteiger charge is 2.28. The molecule has 1 aliphatic rings. The molecule has 0 amide bonds. The summed E-state index contributed by atoms with van der Waals surface area (Å²) in [6.45, 7) is 5.98. The fraction of sp³-hybridized carbons (Fsp3) is 0.308. The van der Waals surface area contributed by atoms with Crippen LogP contribution in [0.15, 0.2) is 40.4 Å². The van der Waals surface area contributed by atoms with E-state index in [9.17, 15) is 4.79 Å². The summed E-state index contributed by atoms with van der Waals surface area (Å²) in [6, 6.07) is 1.76. The van der Waals surface area contributed by atoms with Crippen LogP contribution in [0, 0.1) is 5.92 Å². The zero-order chi connectivity index (χ0) is 11.7. The second-order valence-corrected chi connectivity index (χ2v) is 4.18. The van der Waals surface area contributed by atoms with Crippen LogP contribution in [0.2, 0.25) is 0 Å². The van der Waals surface area contributed by atoms with Crippen molar-refractivity contribution in [2.75, 3.05) is 0 Å². The molecule has 2 rings (SSSR count). The van der Waals surface area contributed by atoms with Crippen molar-refractivity contribution < 1.29 is 13.9 Å². The summed E-state index contributed by atoms with van der Waals surface area (Å²) in [4.78, 5) is 11.7. The lowest BCUT2D eigenvalue weighted by Gasteiger charge is -2.00. The number of esters is 1. The molecule has 1 aliphatic heterocycles. The number of ether oxygens (including phenoxy) is 1. The van der Waals surface area contributed by atoms with Gasteiger partial charge in [0.15, 0.2) is 0 Å². The van der Waals surface area contributed by atoms with Gasteiger partial charge in [0, 0.05) is 11.1 Å². The lowest BCUT2D eigenvalue weighted by atomic mass is 10.0. The van der Waals surface area contributed by atoms with Crippen molar-refractivity contribution in [3.63, 3.8) is 0 Å². The number of hydrogen-bond acceptors (Lipinski definition) is 3. The van der Waals surface area contributed by atoms with E-state index in [0.717, 1.165) is 11.1 Å². The summed E-state index contributed by atoms with van der Waals surface area (Å²) in [5, 5.41) is 0. The molecule has 0 atom stereocenters. The minimum atomic E-state index is -0.300. The van der Waals surface area contributed by atoms with Crippen LogP contribution in [0.3, 0.4) is 0 Å². The molecule has 0 bridgehead atoms. The highest BCUT2D eigenvalue weighted by atomic mass is 16.5. The number of allylic oxidation sites excluding steroid dienone is 2. The Morgan fingerprint density at radius 3 is 2.69 bits per heavy atom. The van der Waals surface area contributed by atoms with Gasteiger partial charge in [0.25, 0.3) is 0 Å². The van der Waals surface area contributed by atoms with E-state index in [-0.39, 0.29) is 5.97 Å². The Hall–Kier alpha value is -1.77. The molecular formula is C13H14O3. The van der Waals surface area contributed by atoms with Crippen molar-refractivity contribution in [3.8, 4) is 0 Å². The molecule has 1 aromatic heterocycles. The van der Waals surface area contributed by atoms with Crippen LogP contribution in [-0.4, -0.2) is 5.97 Å². The Labute approximate surface area is 94.4 Å². The Bertz CT molecular complexity index is 461. The predicted octanol–water partition coefficient (Wildman–Crippen LogP) is 3.15. The van der Waals surface area contributed by atoms with Gasteiger partial charge in [-0.3, -0.25) is 0 Å². The third kappa shape index (κ3) is 1.81. The summed E-state index contributed by atoms with van der Waals surface area (Å²) >= 11 is 0. The summed E-state index contributed by atoms with van der Waals surface area (Å²) < 4.78 is 10.2. The molecule has 0 aliphatic carbocycles. The van der Waals surface area contributed by atoms with Crippen LogP contribution in [0.25, 0.3) is 5.57 Å². The summed E-state index contributed by atoms with van der Waals surface area (Å²) in [5.74, 6) is 0.712. The van der Waals surface area contributed by atoms with E-state index in [0.29, 0.717) is 17.3 Å². The average Bonchev–Trinajstić information content (AvgIpc) is 2.76. The van der Waals surface area contributed by atoms with E-state index in [1.807, 2.05) is 26.8 Å². The van der Waals surface area contributed by atoms with Gasteiger partial charge in [-0.1, -0.05) is 13.8 Å². The van der Waals surface area contributed by atoms with Crippen molar-refractivity contribution in [2.24, 2.45) is 5.92 Å². The molecule has 1 aromatic rings. The van der Waals surface area contributed by atoms with E-state index in [1.165, 1.54) is 0 Å². The van der Waals surface area contributed by atoms with Crippen LogP contribution < -0.4 is 0 Å². The van der Waals surface area contributed by atoms with Crippen molar-refractivity contribution in [1.29, 1.82) is 0 Å². The maximum absolute atomic E-state index is 11.7. The number of rotatable bonds is 2. The monoisotopic (exact) mass is 218 g/mol. The highest BCUT2D eigenvalue weighted by molar-refractivity contribution is 6.20. The molecule has 3 nitrogen and oxygen atoms in total. The van der Waals surface area contributed by atoms with E-state index < -0.39 is 0 Å². The molecule has 16 heavy (non-hydrogen) atoms. The summed E-state index contributed by atoms with van der Waals surface area (Å²) in [5.41, 5.74) is 2.25. The molecule has 0 radical (unpaired) electrons. The average molecular weight is 218 g/mol. The Morgan fingerprint density at radius 2 is 2.12 bits per heavy atom. The van der Waals surface area contributed by atoms with Crippen LogP contribution in [0.5, 0.6) is 0 Å². The summed E-state index contributed by atoms with van der Waals surface area (Å²) in [6.07, 6.45) is 5.05. The first kappa shape index (κ1) is 10.7. The third-order valence-electron chi connectivity index (χ3n) is 2.45. The molecule has 0 aromatic carbocycles. The van der Waals surface area contributed by atoms with E-state index >= 15 is 0 Å². The standard InChI is InChI=1S/C13H14O3/c1-8(2)6-11-9(3)12(13(14)16-11)10-4-5-15-7-10/h4-8H,1-3H3/b11-6-. The van der Waals surface area contributed by atoms with Gasteiger partial charge >= 0.3 is 5.97 Å². The molecular weight excluding hydrogens is 204 g/mol. The number of cyclic esters (lactones) is 1. The molecule has 2 heterocycles. The lowest BCUT2D eigenvalue weighted by Crippen LogP contribution is -1.97. The summed E-state index contributed by atoms with van der Waals surface area (Å²) in [7, 11) is 0. The molecule has 0 spiro atoms. The SMILES string of the molecule is CC1=C(c2ccoc2)C(=O)O/C1=C\C(C)C. The van der Waals surface area contributed by atoms with Gasteiger partial charge < -0.3 is 9.15 Å². The van der Waals surface area contributed by atoms with Gasteiger partial charge in [-0.05, 0) is 25.0 Å². The Kier molecular flexibility index (Phi) is 2.69. The molecule has 84 valence electrons. The molecule has 0 saturated heterocycles. The van der Waals surface area contributed by atoms with Crippen molar-refractivity contribution in [3.05, 3.63) is 41.6 Å². The second-order valence-electron chi connectivity index (χ2n) is 4.18. The van der Waals surface area contributed by atoms with Gasteiger partial charge in [-0.15, -0.1) is 0 Å². The van der Waals surface area contributed by atoms with E-state index in [1.54, 1.807) is 18.6 Å². The minimum Gasteiger partial charge on any atom is -0.472 e. The van der Waals surface area contributed by atoms with Crippen LogP contribution >= 0.6 is 0 Å². The van der Waals surface area contributed by atoms with Crippen LogP contribution in [-0.2, 0) is 9.53 Å². The normalized spacial score (nSPS) is 18.8. The number of carbonyl (C=O) groups excluding carboxylic acids is 1. The van der Waals surface area contributed by atoms with Gasteiger partial charge in [-0.2, -0.15) is 0 Å². The molecule has 0 N–H and O–H groups in total. The first-order chi connectivity index (χ1) is 7.59. The van der Waals surface area contributed by atoms with Crippen molar-refractivity contribution in [2.45, 2.75) is 20.8 Å². The fourth-order valence-corrected chi connectivity index (χ4v) is 1.71.